The quantitative estimate of drug-likeness (QED) is 0.455. The summed E-state index contributed by atoms with van der Waals surface area (Å²) in [6.07, 6.45) is 2.68. The van der Waals surface area contributed by atoms with Gasteiger partial charge in [-0.25, -0.2) is 4.98 Å². The van der Waals surface area contributed by atoms with Gasteiger partial charge in [-0.2, -0.15) is 10.2 Å². The maximum Gasteiger partial charge on any atom is 0.287 e. The van der Waals surface area contributed by atoms with Crippen molar-refractivity contribution in [2.45, 2.75) is 5.52 Å². The highest BCUT2D eigenvalue weighted by atomic mass is 16.3. The van der Waals surface area contributed by atoms with E-state index in [1.54, 1.807) is 6.07 Å². The van der Waals surface area contributed by atoms with Crippen molar-refractivity contribution in [2.75, 3.05) is 5.32 Å². The molecule has 0 aromatic carbocycles. The SMILES string of the molecule is [B]C([B])(O)n1cc(Nc2ncc3cc(C#N)[nH]c3n2)c(=O)[nH]1. The summed E-state index contributed by atoms with van der Waals surface area (Å²) in [6, 6.07) is 3.56. The number of fused-ring (bicyclic) bond motifs is 1. The van der Waals surface area contributed by atoms with Crippen LogP contribution in [0.1, 0.15) is 5.69 Å². The molecule has 3 heterocycles. The van der Waals surface area contributed by atoms with Gasteiger partial charge in [-0.15, -0.1) is 0 Å². The number of H-pyrrole nitrogens is 2. The molecule has 9 nitrogen and oxygen atoms in total. The van der Waals surface area contributed by atoms with E-state index in [0.29, 0.717) is 16.7 Å². The molecule has 4 radical (unpaired) electrons. The van der Waals surface area contributed by atoms with E-state index >= 15 is 0 Å². The molecule has 0 saturated heterocycles. The zero-order valence-corrected chi connectivity index (χ0v) is 11.0. The van der Waals surface area contributed by atoms with Gasteiger partial charge in [-0.1, -0.05) is 0 Å². The molecule has 0 spiro atoms. The van der Waals surface area contributed by atoms with Crippen molar-refractivity contribution in [3.8, 4) is 6.07 Å². The Hall–Kier alpha value is -2.99. The topological polar surface area (TPSA) is 135 Å². The van der Waals surface area contributed by atoms with Crippen molar-refractivity contribution >= 4 is 38.4 Å². The first-order chi connectivity index (χ1) is 10.4. The van der Waals surface area contributed by atoms with Gasteiger partial charge in [0.15, 0.2) is 0 Å². The molecule has 0 unspecified atom stereocenters. The van der Waals surface area contributed by atoms with Crippen LogP contribution in [0.15, 0.2) is 23.3 Å². The highest BCUT2D eigenvalue weighted by Gasteiger charge is 2.17. The number of aromatic amines is 2. The van der Waals surface area contributed by atoms with Crippen molar-refractivity contribution in [3.63, 3.8) is 0 Å². The summed E-state index contributed by atoms with van der Waals surface area (Å²) < 4.78 is 0.832. The molecule has 11 heteroatoms. The van der Waals surface area contributed by atoms with E-state index in [4.69, 9.17) is 21.0 Å². The minimum atomic E-state index is -2.23. The summed E-state index contributed by atoms with van der Waals surface area (Å²) in [6.45, 7) is 0. The number of aliphatic hydroxyl groups is 1. The average molecular weight is 291 g/mol. The summed E-state index contributed by atoms with van der Waals surface area (Å²) in [5.74, 6) is 0.125. The van der Waals surface area contributed by atoms with Gasteiger partial charge in [0.05, 0.1) is 11.7 Å². The second-order valence-electron chi connectivity index (χ2n) is 4.55. The number of aromatic nitrogens is 5. The molecule has 0 saturated carbocycles. The predicted molar refractivity (Wildman–Crippen MR) is 78.6 cm³/mol. The van der Waals surface area contributed by atoms with Crippen LogP contribution in [-0.4, -0.2) is 45.5 Å². The van der Waals surface area contributed by atoms with E-state index in [1.807, 2.05) is 6.07 Å². The normalized spacial score (nSPS) is 11.5. The summed E-state index contributed by atoms with van der Waals surface area (Å²) >= 11 is 0. The Balaban J connectivity index is 1.95. The van der Waals surface area contributed by atoms with Crippen molar-refractivity contribution in [3.05, 3.63) is 34.5 Å². The van der Waals surface area contributed by atoms with Crippen LogP contribution in [0.3, 0.4) is 0 Å². The van der Waals surface area contributed by atoms with Crippen LogP contribution in [-0.2, 0) is 5.52 Å². The van der Waals surface area contributed by atoms with Gasteiger partial charge in [-0.3, -0.25) is 14.6 Å². The lowest BCUT2D eigenvalue weighted by atomic mass is 9.73. The molecule has 0 aliphatic carbocycles. The third-order valence-electron chi connectivity index (χ3n) is 2.85. The molecule has 0 amide bonds. The van der Waals surface area contributed by atoms with E-state index in [2.05, 4.69) is 25.4 Å². The van der Waals surface area contributed by atoms with Crippen molar-refractivity contribution < 1.29 is 5.11 Å². The molecule has 0 atom stereocenters. The zero-order chi connectivity index (χ0) is 15.9. The molecular weight excluding hydrogens is 284 g/mol. The van der Waals surface area contributed by atoms with Crippen molar-refractivity contribution in [2.24, 2.45) is 0 Å². The van der Waals surface area contributed by atoms with E-state index in [9.17, 15) is 9.90 Å². The number of hydrogen-bond acceptors (Lipinski definition) is 6. The van der Waals surface area contributed by atoms with Crippen LogP contribution < -0.4 is 10.9 Å². The molecule has 22 heavy (non-hydrogen) atoms. The fourth-order valence-corrected chi connectivity index (χ4v) is 1.83. The van der Waals surface area contributed by atoms with Gasteiger partial charge >= 0.3 is 0 Å². The van der Waals surface area contributed by atoms with E-state index in [-0.39, 0.29) is 11.6 Å². The van der Waals surface area contributed by atoms with Crippen LogP contribution in [0, 0.1) is 11.3 Å². The second kappa shape index (κ2) is 4.78. The smallest absolute Gasteiger partial charge is 0.287 e. The molecule has 0 aliphatic heterocycles. The zero-order valence-electron chi connectivity index (χ0n) is 11.0. The average Bonchev–Trinajstić information content (AvgIpc) is 3.02. The first-order valence-electron chi connectivity index (χ1n) is 6.02. The Bertz CT molecular complexity index is 944. The van der Waals surface area contributed by atoms with Crippen LogP contribution in [0.2, 0.25) is 0 Å². The molecule has 0 bridgehead atoms. The number of rotatable bonds is 3. The maximum absolute atomic E-state index is 11.7. The van der Waals surface area contributed by atoms with Crippen LogP contribution in [0.5, 0.6) is 0 Å². The Morgan fingerprint density at radius 2 is 2.27 bits per heavy atom. The van der Waals surface area contributed by atoms with E-state index in [1.165, 1.54) is 12.4 Å². The number of hydrogen-bond donors (Lipinski definition) is 4. The summed E-state index contributed by atoms with van der Waals surface area (Å²) in [4.78, 5) is 22.7. The second-order valence-corrected chi connectivity index (χ2v) is 4.55. The minimum absolute atomic E-state index is 0.0423. The largest absolute Gasteiger partial charge is 0.388 e. The Labute approximate surface area is 125 Å². The van der Waals surface area contributed by atoms with Gasteiger partial charge in [0, 0.05) is 11.6 Å². The first kappa shape index (κ1) is 14.0. The molecule has 3 rings (SSSR count). The highest BCUT2D eigenvalue weighted by Crippen LogP contribution is 2.15. The molecule has 0 aliphatic rings. The van der Waals surface area contributed by atoms with E-state index < -0.39 is 11.1 Å². The fraction of sp³-hybridized carbons (Fsp3) is 0.0909. The fourth-order valence-electron chi connectivity index (χ4n) is 1.83. The molecular formula is C11H7B2N7O2. The highest BCUT2D eigenvalue weighted by molar-refractivity contribution is 6.36. The van der Waals surface area contributed by atoms with Gasteiger partial charge in [0.25, 0.3) is 5.56 Å². The van der Waals surface area contributed by atoms with Gasteiger partial charge < -0.3 is 15.4 Å². The molecule has 3 aromatic heterocycles. The van der Waals surface area contributed by atoms with Gasteiger partial charge in [-0.05, 0) is 6.07 Å². The summed E-state index contributed by atoms with van der Waals surface area (Å²) in [5, 5.41) is 23.8. The third-order valence-corrected chi connectivity index (χ3v) is 2.85. The van der Waals surface area contributed by atoms with Crippen LogP contribution in [0.25, 0.3) is 11.0 Å². The lowest BCUT2D eigenvalue weighted by Gasteiger charge is -2.19. The summed E-state index contributed by atoms with van der Waals surface area (Å²) in [5.41, 5.74) is -1.96. The first-order valence-corrected chi connectivity index (χ1v) is 6.02. The Kier molecular flexibility index (Phi) is 3.04. The number of anilines is 2. The van der Waals surface area contributed by atoms with Crippen molar-refractivity contribution in [1.82, 2.24) is 24.7 Å². The van der Waals surface area contributed by atoms with Crippen molar-refractivity contribution in [1.29, 1.82) is 5.26 Å². The van der Waals surface area contributed by atoms with Crippen LogP contribution >= 0.6 is 0 Å². The third kappa shape index (κ3) is 2.47. The lowest BCUT2D eigenvalue weighted by molar-refractivity contribution is 0.126. The van der Waals surface area contributed by atoms with E-state index in [0.717, 1.165) is 4.68 Å². The van der Waals surface area contributed by atoms with Crippen LogP contribution in [0.4, 0.5) is 11.6 Å². The summed E-state index contributed by atoms with van der Waals surface area (Å²) in [7, 11) is 10.5. The van der Waals surface area contributed by atoms with Gasteiger partial charge in [0.2, 0.25) is 5.95 Å². The molecule has 0 fully saturated rings. The maximum atomic E-state index is 11.7. The molecule has 3 aromatic rings. The Morgan fingerprint density at radius 1 is 1.50 bits per heavy atom. The van der Waals surface area contributed by atoms with Gasteiger partial charge in [0.1, 0.15) is 38.8 Å². The monoisotopic (exact) mass is 291 g/mol. The predicted octanol–water partition coefficient (Wildman–Crippen LogP) is -1.04. The molecule has 104 valence electrons. The standard InChI is InChI=1S/C11H7B2N7O2/c12-11(13,22)20-4-7(9(21)19-20)17-10-15-3-5-1-6(2-14)16-8(5)18-10/h1,3-4,22H,(H,19,21)(H2,15,16,17,18). The minimum Gasteiger partial charge on any atom is -0.388 e. The lowest BCUT2D eigenvalue weighted by Crippen LogP contribution is -2.35. The Morgan fingerprint density at radius 3 is 2.91 bits per heavy atom. The number of nitrogens with one attached hydrogen (secondary N) is 3. The number of nitriles is 1. The number of nitrogens with zero attached hydrogens (tertiary/aromatic N) is 4. The molecule has 4 N–H and O–H groups in total.